The number of carbonyl (C=O) groups excluding carboxylic acids is 3. The Morgan fingerprint density at radius 1 is 1.32 bits per heavy atom. The largest absolute Gasteiger partial charge is 0.318 e. The van der Waals surface area contributed by atoms with Gasteiger partial charge in [-0.1, -0.05) is 0 Å². The van der Waals surface area contributed by atoms with Crippen LogP contribution in [-0.2, 0) is 14.4 Å². The second-order valence-corrected chi connectivity index (χ2v) is 5.91. The lowest BCUT2D eigenvalue weighted by Gasteiger charge is -2.42. The van der Waals surface area contributed by atoms with E-state index in [1.165, 1.54) is 4.90 Å². The lowest BCUT2D eigenvalue weighted by molar-refractivity contribution is -0.157. The van der Waals surface area contributed by atoms with Gasteiger partial charge in [0.05, 0.1) is 6.04 Å². The van der Waals surface area contributed by atoms with Gasteiger partial charge in [-0.05, 0) is 40.0 Å². The van der Waals surface area contributed by atoms with Crippen molar-refractivity contribution in [1.82, 2.24) is 15.5 Å². The molecule has 0 saturated carbocycles. The van der Waals surface area contributed by atoms with E-state index in [0.717, 1.165) is 19.3 Å². The molecule has 0 bridgehead atoms. The van der Waals surface area contributed by atoms with Gasteiger partial charge < -0.3 is 10.2 Å². The highest BCUT2D eigenvalue weighted by Gasteiger charge is 2.45. The van der Waals surface area contributed by atoms with Crippen LogP contribution in [0.15, 0.2) is 0 Å². The van der Waals surface area contributed by atoms with Crippen LogP contribution in [0, 0.1) is 0 Å². The number of piperidine rings is 1. The highest BCUT2D eigenvalue weighted by Crippen LogP contribution is 2.22. The maximum absolute atomic E-state index is 12.5. The van der Waals surface area contributed by atoms with Crippen molar-refractivity contribution in [3.8, 4) is 0 Å². The maximum atomic E-state index is 12.5. The van der Waals surface area contributed by atoms with Crippen LogP contribution in [0.2, 0.25) is 0 Å². The third-order valence-electron chi connectivity index (χ3n) is 3.96. The van der Waals surface area contributed by atoms with E-state index in [9.17, 15) is 14.4 Å². The third-order valence-corrected chi connectivity index (χ3v) is 3.96. The van der Waals surface area contributed by atoms with E-state index in [-0.39, 0.29) is 18.5 Å². The summed E-state index contributed by atoms with van der Waals surface area (Å²) in [6, 6.07) is 0.00172. The summed E-state index contributed by atoms with van der Waals surface area (Å²) in [5, 5.41) is 5.52. The summed E-state index contributed by atoms with van der Waals surface area (Å²) in [7, 11) is 0. The normalized spacial score (nSPS) is 31.0. The van der Waals surface area contributed by atoms with Crippen LogP contribution in [0.1, 0.15) is 40.0 Å². The lowest BCUT2D eigenvalue weighted by atomic mass is 9.94. The van der Waals surface area contributed by atoms with Crippen molar-refractivity contribution < 1.29 is 14.4 Å². The monoisotopic (exact) mass is 267 g/mol. The Kier molecular flexibility index (Phi) is 3.62. The summed E-state index contributed by atoms with van der Waals surface area (Å²) in [6.07, 6.45) is 2.79. The van der Waals surface area contributed by atoms with Gasteiger partial charge in [-0.2, -0.15) is 0 Å². The summed E-state index contributed by atoms with van der Waals surface area (Å²) < 4.78 is 0. The van der Waals surface area contributed by atoms with Gasteiger partial charge in [-0.15, -0.1) is 0 Å². The first-order valence-electron chi connectivity index (χ1n) is 6.74. The molecule has 6 nitrogen and oxygen atoms in total. The highest BCUT2D eigenvalue weighted by molar-refractivity contribution is 6.06. The number of piperazine rings is 1. The van der Waals surface area contributed by atoms with Gasteiger partial charge in [-0.3, -0.25) is 19.7 Å². The predicted octanol–water partition coefficient (Wildman–Crippen LogP) is -0.219. The molecular formula is C13H21N3O3. The number of nitrogens with zero attached hydrogens (tertiary/aromatic N) is 1. The molecule has 2 atom stereocenters. The number of hydrogen-bond acceptors (Lipinski definition) is 4. The molecule has 2 aliphatic rings. The number of imide groups is 1. The molecule has 2 rings (SSSR count). The maximum Gasteiger partial charge on any atom is 0.252 e. The first-order valence-corrected chi connectivity index (χ1v) is 6.74. The number of carbonyl (C=O) groups is 3. The number of nitrogens with one attached hydrogen (secondary N) is 2. The highest BCUT2D eigenvalue weighted by atomic mass is 16.2. The molecule has 3 amide bonds. The zero-order chi connectivity index (χ0) is 14.2. The smallest absolute Gasteiger partial charge is 0.252 e. The molecule has 106 valence electrons. The Balaban J connectivity index is 2.16. The van der Waals surface area contributed by atoms with Gasteiger partial charge in [0, 0.05) is 6.04 Å². The minimum absolute atomic E-state index is 0.0515. The Morgan fingerprint density at radius 2 is 2.00 bits per heavy atom. The molecule has 0 aromatic carbocycles. The van der Waals surface area contributed by atoms with Crippen molar-refractivity contribution in [3.63, 3.8) is 0 Å². The molecule has 2 saturated heterocycles. The van der Waals surface area contributed by atoms with Crippen LogP contribution in [0.25, 0.3) is 0 Å². The van der Waals surface area contributed by atoms with Crippen molar-refractivity contribution in [2.45, 2.75) is 57.7 Å². The third kappa shape index (κ3) is 2.63. The fraction of sp³-hybridized carbons (Fsp3) is 0.769. The average Bonchev–Trinajstić information content (AvgIpc) is 2.33. The average molecular weight is 267 g/mol. The van der Waals surface area contributed by atoms with Gasteiger partial charge in [0.25, 0.3) is 5.91 Å². The van der Waals surface area contributed by atoms with Crippen molar-refractivity contribution >= 4 is 17.7 Å². The molecule has 2 aliphatic heterocycles. The molecule has 0 aliphatic carbocycles. The minimum Gasteiger partial charge on any atom is -0.318 e. The van der Waals surface area contributed by atoms with Gasteiger partial charge in [0.15, 0.2) is 0 Å². The van der Waals surface area contributed by atoms with E-state index >= 15 is 0 Å². The zero-order valence-electron chi connectivity index (χ0n) is 11.7. The van der Waals surface area contributed by atoms with Crippen LogP contribution < -0.4 is 10.6 Å². The first kappa shape index (κ1) is 14.0. The van der Waals surface area contributed by atoms with E-state index < -0.39 is 17.4 Å². The van der Waals surface area contributed by atoms with Crippen molar-refractivity contribution in [1.29, 1.82) is 0 Å². The van der Waals surface area contributed by atoms with Crippen molar-refractivity contribution in [2.75, 3.05) is 6.54 Å². The van der Waals surface area contributed by atoms with Crippen LogP contribution in [0.5, 0.6) is 0 Å². The molecule has 19 heavy (non-hydrogen) atoms. The van der Waals surface area contributed by atoms with E-state index in [0.29, 0.717) is 6.04 Å². The summed E-state index contributed by atoms with van der Waals surface area (Å²) in [5.74, 6) is -0.984. The zero-order valence-corrected chi connectivity index (χ0v) is 11.7. The Morgan fingerprint density at radius 3 is 2.63 bits per heavy atom. The summed E-state index contributed by atoms with van der Waals surface area (Å²) >= 11 is 0. The van der Waals surface area contributed by atoms with Crippen molar-refractivity contribution in [2.24, 2.45) is 0 Å². The summed E-state index contributed by atoms with van der Waals surface area (Å²) in [4.78, 5) is 37.2. The fourth-order valence-electron chi connectivity index (χ4n) is 2.66. The molecule has 0 radical (unpaired) electrons. The molecule has 6 heteroatoms. The summed E-state index contributed by atoms with van der Waals surface area (Å²) in [6.45, 7) is 5.32. The Labute approximate surface area is 112 Å². The Hall–Kier alpha value is -1.43. The SMILES string of the molecule is CC1CCCC(C(=O)N2CC(=O)NC(=O)C2(C)C)N1. The topological polar surface area (TPSA) is 78.5 Å². The van der Waals surface area contributed by atoms with Crippen LogP contribution in [-0.4, -0.2) is 46.8 Å². The van der Waals surface area contributed by atoms with Gasteiger partial charge in [0.1, 0.15) is 12.1 Å². The van der Waals surface area contributed by atoms with E-state index in [2.05, 4.69) is 10.6 Å². The van der Waals surface area contributed by atoms with E-state index in [1.807, 2.05) is 6.92 Å². The van der Waals surface area contributed by atoms with Gasteiger partial charge in [0.2, 0.25) is 11.8 Å². The lowest BCUT2D eigenvalue weighted by Crippen LogP contribution is -2.68. The molecule has 2 unspecified atom stereocenters. The second-order valence-electron chi connectivity index (χ2n) is 5.91. The number of hydrogen-bond donors (Lipinski definition) is 2. The van der Waals surface area contributed by atoms with Crippen LogP contribution in [0.3, 0.4) is 0 Å². The second kappa shape index (κ2) is 4.92. The number of rotatable bonds is 1. The molecular weight excluding hydrogens is 246 g/mol. The number of amides is 3. The molecule has 0 spiro atoms. The summed E-state index contributed by atoms with van der Waals surface area (Å²) in [5.41, 5.74) is -0.979. The molecule has 2 fully saturated rings. The first-order chi connectivity index (χ1) is 8.82. The molecule has 0 aromatic heterocycles. The predicted molar refractivity (Wildman–Crippen MR) is 69.2 cm³/mol. The van der Waals surface area contributed by atoms with Gasteiger partial charge in [-0.25, -0.2) is 0 Å². The Bertz CT molecular complexity index is 419. The molecule has 2 N–H and O–H groups in total. The fourth-order valence-corrected chi connectivity index (χ4v) is 2.66. The van der Waals surface area contributed by atoms with E-state index in [1.54, 1.807) is 13.8 Å². The quantitative estimate of drug-likeness (QED) is 0.644. The van der Waals surface area contributed by atoms with E-state index in [4.69, 9.17) is 0 Å². The van der Waals surface area contributed by atoms with Crippen LogP contribution in [0.4, 0.5) is 0 Å². The molecule has 2 heterocycles. The standard InChI is InChI=1S/C13H21N3O3/c1-8-5-4-6-9(14-8)11(18)16-7-10(17)15-12(19)13(16,2)3/h8-9,14H,4-7H2,1-3H3,(H,15,17,19). The van der Waals surface area contributed by atoms with Crippen molar-refractivity contribution in [3.05, 3.63) is 0 Å². The van der Waals surface area contributed by atoms with Crippen LogP contribution >= 0.6 is 0 Å². The minimum atomic E-state index is -0.979. The van der Waals surface area contributed by atoms with Gasteiger partial charge >= 0.3 is 0 Å². The molecule has 0 aromatic rings.